The molecule has 1 fully saturated rings. The Bertz CT molecular complexity index is 450. The first kappa shape index (κ1) is 13.7. The number of hydrogen-bond acceptors (Lipinski definition) is 5. The predicted molar refractivity (Wildman–Crippen MR) is 74.2 cm³/mol. The van der Waals surface area contributed by atoms with Gasteiger partial charge in [-0.15, -0.1) is 0 Å². The van der Waals surface area contributed by atoms with Gasteiger partial charge in [-0.05, 0) is 38.8 Å². The average Bonchev–Trinajstić information content (AvgIpc) is 2.85. The number of aromatic nitrogens is 1. The molecule has 0 radical (unpaired) electrons. The van der Waals surface area contributed by atoms with E-state index in [9.17, 15) is 10.1 Å². The van der Waals surface area contributed by atoms with Crippen LogP contribution in [0, 0.1) is 16.0 Å². The topological polar surface area (TPSA) is 71.3 Å². The lowest BCUT2D eigenvalue weighted by Crippen LogP contribution is -2.29. The fourth-order valence-corrected chi connectivity index (χ4v) is 2.43. The summed E-state index contributed by atoms with van der Waals surface area (Å²) in [5.74, 6) is 0.551. The summed E-state index contributed by atoms with van der Waals surface area (Å²) in [5.41, 5.74) is 0.601. The molecule has 6 heteroatoms. The number of hydrogen-bond donors (Lipinski definition) is 1. The van der Waals surface area contributed by atoms with E-state index in [-0.39, 0.29) is 5.69 Å². The normalized spacial score (nSPS) is 19.8. The molecule has 1 aromatic rings. The molecule has 2 rings (SSSR count). The van der Waals surface area contributed by atoms with Gasteiger partial charge in [0.05, 0.1) is 4.92 Å². The molecule has 1 aliphatic heterocycles. The molecule has 0 aliphatic carbocycles. The molecule has 0 spiro atoms. The quantitative estimate of drug-likeness (QED) is 0.651. The molecule has 0 saturated carbocycles. The van der Waals surface area contributed by atoms with Crippen molar-refractivity contribution in [3.8, 4) is 0 Å². The predicted octanol–water partition coefficient (Wildman–Crippen LogP) is 2.13. The smallest absolute Gasteiger partial charge is 0.310 e. The average molecular weight is 264 g/mol. The second kappa shape index (κ2) is 5.97. The Morgan fingerprint density at radius 3 is 3.05 bits per heavy atom. The van der Waals surface area contributed by atoms with Crippen LogP contribution in [-0.4, -0.2) is 40.5 Å². The monoisotopic (exact) mass is 264 g/mol. The zero-order chi connectivity index (χ0) is 13.8. The van der Waals surface area contributed by atoms with E-state index < -0.39 is 4.92 Å². The molecule has 104 valence electrons. The van der Waals surface area contributed by atoms with Crippen molar-refractivity contribution in [2.24, 2.45) is 5.92 Å². The van der Waals surface area contributed by atoms with Crippen LogP contribution in [0.2, 0.25) is 0 Å². The summed E-state index contributed by atoms with van der Waals surface area (Å²) >= 11 is 0. The number of anilines is 1. The lowest BCUT2D eigenvalue weighted by atomic mass is 10.1. The molecule has 0 aromatic carbocycles. The molecule has 1 atom stereocenters. The largest absolute Gasteiger partial charge is 0.379 e. The number of rotatable bonds is 5. The number of pyridine rings is 1. The summed E-state index contributed by atoms with van der Waals surface area (Å²) in [6.07, 6.45) is 4.01. The third-order valence-corrected chi connectivity index (χ3v) is 3.63. The van der Waals surface area contributed by atoms with Gasteiger partial charge in [0.2, 0.25) is 0 Å². The van der Waals surface area contributed by atoms with Gasteiger partial charge in [0.1, 0.15) is 11.9 Å². The van der Waals surface area contributed by atoms with E-state index in [1.807, 2.05) is 0 Å². The first-order valence-corrected chi connectivity index (χ1v) is 6.64. The molecule has 0 bridgehead atoms. The highest BCUT2D eigenvalue weighted by molar-refractivity contribution is 5.59. The van der Waals surface area contributed by atoms with E-state index >= 15 is 0 Å². The van der Waals surface area contributed by atoms with Crippen LogP contribution < -0.4 is 5.32 Å². The zero-order valence-electron chi connectivity index (χ0n) is 11.4. The molecule has 1 aliphatic rings. The molecule has 1 N–H and O–H groups in total. The van der Waals surface area contributed by atoms with E-state index in [2.05, 4.69) is 29.0 Å². The van der Waals surface area contributed by atoms with Gasteiger partial charge in [-0.2, -0.15) is 0 Å². The summed E-state index contributed by atoms with van der Waals surface area (Å²) in [7, 11) is 0. The summed E-state index contributed by atoms with van der Waals surface area (Å²) in [6, 6.07) is 2.23. The van der Waals surface area contributed by atoms with E-state index in [4.69, 9.17) is 0 Å². The maximum atomic E-state index is 10.9. The van der Waals surface area contributed by atoms with Gasteiger partial charge in [-0.3, -0.25) is 15.1 Å². The molecule has 6 nitrogen and oxygen atoms in total. The van der Waals surface area contributed by atoms with Gasteiger partial charge < -0.3 is 10.2 Å². The second-order valence-electron chi connectivity index (χ2n) is 5.27. The zero-order valence-corrected chi connectivity index (χ0v) is 11.4. The SMILES string of the molecule is CC(C)N1CCC(CNc2ccncc2[N+](=O)[O-])C1. The first-order chi connectivity index (χ1) is 9.08. The van der Waals surface area contributed by atoms with Crippen molar-refractivity contribution in [3.05, 3.63) is 28.6 Å². The first-order valence-electron chi connectivity index (χ1n) is 6.64. The third-order valence-electron chi connectivity index (χ3n) is 3.63. The van der Waals surface area contributed by atoms with Gasteiger partial charge in [0.15, 0.2) is 0 Å². The standard InChI is InChI=1S/C13H20N4O2/c1-10(2)16-6-4-11(9-16)7-15-12-3-5-14-8-13(12)17(18)19/h3,5,8,10-11H,4,6-7,9H2,1-2H3,(H,14,15). The summed E-state index contributed by atoms with van der Waals surface area (Å²) in [6.45, 7) is 7.34. The number of nitrogens with one attached hydrogen (secondary N) is 1. The van der Waals surface area contributed by atoms with Crippen molar-refractivity contribution in [1.29, 1.82) is 0 Å². The Morgan fingerprint density at radius 2 is 2.42 bits per heavy atom. The minimum atomic E-state index is -0.398. The van der Waals surface area contributed by atoms with Gasteiger partial charge in [-0.25, -0.2) is 0 Å². The van der Waals surface area contributed by atoms with E-state index in [0.717, 1.165) is 26.1 Å². The molecule has 1 unspecified atom stereocenters. The highest BCUT2D eigenvalue weighted by Crippen LogP contribution is 2.24. The van der Waals surface area contributed by atoms with Gasteiger partial charge >= 0.3 is 5.69 Å². The lowest BCUT2D eigenvalue weighted by molar-refractivity contribution is -0.384. The molecule has 19 heavy (non-hydrogen) atoms. The van der Waals surface area contributed by atoms with Crippen molar-refractivity contribution < 1.29 is 4.92 Å². The minimum Gasteiger partial charge on any atom is -0.379 e. The number of likely N-dealkylation sites (tertiary alicyclic amines) is 1. The maximum absolute atomic E-state index is 10.9. The van der Waals surface area contributed by atoms with E-state index in [1.165, 1.54) is 6.20 Å². The van der Waals surface area contributed by atoms with Crippen LogP contribution in [0.3, 0.4) is 0 Å². The van der Waals surface area contributed by atoms with E-state index in [1.54, 1.807) is 12.3 Å². The number of nitrogens with zero attached hydrogens (tertiary/aromatic N) is 3. The summed E-state index contributed by atoms with van der Waals surface area (Å²) in [5, 5.41) is 14.1. The van der Waals surface area contributed by atoms with Crippen LogP contribution in [0.4, 0.5) is 11.4 Å². The van der Waals surface area contributed by atoms with Crippen molar-refractivity contribution in [2.45, 2.75) is 26.3 Å². The van der Waals surface area contributed by atoms with Gasteiger partial charge in [-0.1, -0.05) is 0 Å². The summed E-state index contributed by atoms with van der Waals surface area (Å²) < 4.78 is 0. The molecular formula is C13H20N4O2. The van der Waals surface area contributed by atoms with Crippen LogP contribution in [0.1, 0.15) is 20.3 Å². The fraction of sp³-hybridized carbons (Fsp3) is 0.615. The lowest BCUT2D eigenvalue weighted by Gasteiger charge is -2.20. The molecule has 1 saturated heterocycles. The molecular weight excluding hydrogens is 244 g/mol. The Hall–Kier alpha value is -1.69. The molecule has 2 heterocycles. The van der Waals surface area contributed by atoms with Crippen LogP contribution >= 0.6 is 0 Å². The fourth-order valence-electron chi connectivity index (χ4n) is 2.43. The number of nitro groups is 1. The van der Waals surface area contributed by atoms with Crippen LogP contribution in [0.5, 0.6) is 0 Å². The summed E-state index contributed by atoms with van der Waals surface area (Å²) in [4.78, 5) is 16.7. The van der Waals surface area contributed by atoms with Gasteiger partial charge in [0.25, 0.3) is 0 Å². The Balaban J connectivity index is 1.91. The van der Waals surface area contributed by atoms with Crippen molar-refractivity contribution in [3.63, 3.8) is 0 Å². The highest BCUT2D eigenvalue weighted by atomic mass is 16.6. The minimum absolute atomic E-state index is 0.0428. The van der Waals surface area contributed by atoms with Crippen LogP contribution in [0.15, 0.2) is 18.5 Å². The van der Waals surface area contributed by atoms with Crippen LogP contribution in [0.25, 0.3) is 0 Å². The van der Waals surface area contributed by atoms with E-state index in [0.29, 0.717) is 17.6 Å². The maximum Gasteiger partial charge on any atom is 0.310 e. The van der Waals surface area contributed by atoms with Crippen molar-refractivity contribution in [2.75, 3.05) is 25.0 Å². The van der Waals surface area contributed by atoms with Crippen molar-refractivity contribution in [1.82, 2.24) is 9.88 Å². The van der Waals surface area contributed by atoms with Crippen LogP contribution in [-0.2, 0) is 0 Å². The third kappa shape index (κ3) is 3.41. The Labute approximate surface area is 113 Å². The second-order valence-corrected chi connectivity index (χ2v) is 5.27. The Kier molecular flexibility index (Phi) is 4.31. The van der Waals surface area contributed by atoms with Gasteiger partial charge in [0, 0.05) is 25.3 Å². The molecule has 0 amide bonds. The molecule has 1 aromatic heterocycles. The van der Waals surface area contributed by atoms with Crippen molar-refractivity contribution >= 4 is 11.4 Å². The highest BCUT2D eigenvalue weighted by Gasteiger charge is 2.24. The Morgan fingerprint density at radius 1 is 1.63 bits per heavy atom.